The minimum atomic E-state index is -1.13. The van der Waals surface area contributed by atoms with Gasteiger partial charge in [-0.15, -0.1) is 0 Å². The van der Waals surface area contributed by atoms with E-state index in [4.69, 9.17) is 18.9 Å². The van der Waals surface area contributed by atoms with Gasteiger partial charge in [-0.1, -0.05) is 42.5 Å². The number of nitrogens with zero attached hydrogens (tertiary/aromatic N) is 1. The summed E-state index contributed by atoms with van der Waals surface area (Å²) < 4.78 is 21.5. The van der Waals surface area contributed by atoms with E-state index in [9.17, 15) is 14.4 Å². The molecule has 0 radical (unpaired) electrons. The van der Waals surface area contributed by atoms with E-state index < -0.39 is 30.3 Å². The van der Waals surface area contributed by atoms with Crippen LogP contribution in [0.4, 0.5) is 4.79 Å². The molecule has 0 unspecified atom stereocenters. The molecule has 31 heavy (non-hydrogen) atoms. The highest BCUT2D eigenvalue weighted by Gasteiger charge is 2.49. The summed E-state index contributed by atoms with van der Waals surface area (Å²) in [6, 6.07) is 16.1. The highest BCUT2D eigenvalue weighted by molar-refractivity contribution is 5.73. The van der Waals surface area contributed by atoms with Crippen molar-refractivity contribution in [1.29, 1.82) is 0 Å². The van der Waals surface area contributed by atoms with Gasteiger partial charge in [0.05, 0.1) is 19.8 Å². The van der Waals surface area contributed by atoms with E-state index in [1.54, 1.807) is 19.2 Å². The van der Waals surface area contributed by atoms with Gasteiger partial charge in [0.15, 0.2) is 12.4 Å². The van der Waals surface area contributed by atoms with Gasteiger partial charge in [-0.05, 0) is 23.3 Å². The second-order valence-corrected chi connectivity index (χ2v) is 7.09. The number of carbonyl (C=O) groups excluding carboxylic acids is 3. The van der Waals surface area contributed by atoms with Crippen LogP contribution in [0.2, 0.25) is 0 Å². The minimum Gasteiger partial charge on any atom is -0.497 e. The molecule has 1 aliphatic heterocycles. The van der Waals surface area contributed by atoms with Crippen molar-refractivity contribution in [3.05, 3.63) is 65.7 Å². The van der Waals surface area contributed by atoms with Gasteiger partial charge in [0.25, 0.3) is 0 Å². The Kier molecular flexibility index (Phi) is 7.61. The lowest BCUT2D eigenvalue weighted by Crippen LogP contribution is -2.40. The summed E-state index contributed by atoms with van der Waals surface area (Å²) >= 11 is 0. The first-order valence-corrected chi connectivity index (χ1v) is 9.86. The predicted octanol–water partition coefficient (Wildman–Crippen LogP) is 2.73. The van der Waals surface area contributed by atoms with Crippen molar-refractivity contribution in [3.8, 4) is 5.75 Å². The SMILES string of the molecule is COc1ccc(CO[C@@H]([C@@H](C=O)OC(C)=O)[C@@H]2CN2C(=O)OCc2ccccc2)cc1. The lowest BCUT2D eigenvalue weighted by molar-refractivity contribution is -0.159. The molecule has 1 amide bonds. The number of carbonyl (C=O) groups is 3. The molecular weight excluding hydrogens is 402 g/mol. The summed E-state index contributed by atoms with van der Waals surface area (Å²) in [6.07, 6.45) is -1.94. The van der Waals surface area contributed by atoms with Crippen LogP contribution in [0.5, 0.6) is 5.75 Å². The largest absolute Gasteiger partial charge is 0.497 e. The molecule has 0 aliphatic carbocycles. The van der Waals surface area contributed by atoms with Crippen molar-refractivity contribution in [1.82, 2.24) is 4.90 Å². The molecule has 1 aliphatic rings. The van der Waals surface area contributed by atoms with Crippen LogP contribution in [0.15, 0.2) is 54.6 Å². The minimum absolute atomic E-state index is 0.140. The lowest BCUT2D eigenvalue weighted by atomic mass is 10.1. The molecule has 2 aromatic rings. The molecule has 3 atom stereocenters. The van der Waals surface area contributed by atoms with Gasteiger partial charge >= 0.3 is 12.1 Å². The fraction of sp³-hybridized carbons (Fsp3) is 0.348. The van der Waals surface area contributed by atoms with Crippen molar-refractivity contribution in [3.63, 3.8) is 0 Å². The number of esters is 1. The summed E-state index contributed by atoms with van der Waals surface area (Å²) in [5, 5.41) is 0. The first-order valence-electron chi connectivity index (χ1n) is 9.86. The standard InChI is InChI=1S/C23H25NO7/c1-16(26)31-21(13-25)22(29-14-18-8-10-19(28-2)11-9-18)20-12-24(20)23(27)30-15-17-6-4-3-5-7-17/h3-11,13,20-22H,12,14-15H2,1-2H3/t20-,21+,22+,24?/m0/s1. The molecule has 0 bridgehead atoms. The van der Waals surface area contributed by atoms with Crippen molar-refractivity contribution in [2.75, 3.05) is 13.7 Å². The molecule has 8 heteroatoms. The van der Waals surface area contributed by atoms with Gasteiger partial charge in [0.1, 0.15) is 18.5 Å². The summed E-state index contributed by atoms with van der Waals surface area (Å²) in [6.45, 7) is 1.87. The van der Waals surface area contributed by atoms with E-state index >= 15 is 0 Å². The number of hydrogen-bond donors (Lipinski definition) is 0. The smallest absolute Gasteiger partial charge is 0.410 e. The molecule has 1 saturated heterocycles. The average Bonchev–Trinajstić information content (AvgIpc) is 3.58. The zero-order valence-corrected chi connectivity index (χ0v) is 17.4. The second kappa shape index (κ2) is 10.6. The maximum absolute atomic E-state index is 12.4. The molecule has 3 rings (SSSR count). The van der Waals surface area contributed by atoms with Crippen LogP contribution in [-0.4, -0.2) is 55.2 Å². The van der Waals surface area contributed by atoms with Crippen LogP contribution < -0.4 is 4.74 Å². The third-order valence-electron chi connectivity index (χ3n) is 4.83. The highest BCUT2D eigenvalue weighted by atomic mass is 16.6. The van der Waals surface area contributed by atoms with Crippen molar-refractivity contribution in [2.45, 2.75) is 38.4 Å². The van der Waals surface area contributed by atoms with Gasteiger partial charge < -0.3 is 18.9 Å². The Morgan fingerprint density at radius 1 is 1.06 bits per heavy atom. The Morgan fingerprint density at radius 2 is 1.74 bits per heavy atom. The monoisotopic (exact) mass is 427 g/mol. The first-order chi connectivity index (χ1) is 15.0. The number of ether oxygens (including phenoxy) is 4. The zero-order chi connectivity index (χ0) is 22.2. The zero-order valence-electron chi connectivity index (χ0n) is 17.4. The Morgan fingerprint density at radius 3 is 2.35 bits per heavy atom. The summed E-state index contributed by atoms with van der Waals surface area (Å²) in [5.41, 5.74) is 1.71. The van der Waals surface area contributed by atoms with Crippen LogP contribution in [-0.2, 0) is 37.0 Å². The first kappa shape index (κ1) is 22.3. The molecule has 1 fully saturated rings. The van der Waals surface area contributed by atoms with Crippen LogP contribution >= 0.6 is 0 Å². The molecule has 1 heterocycles. The number of aldehydes is 1. The fourth-order valence-corrected chi connectivity index (χ4v) is 3.15. The summed E-state index contributed by atoms with van der Waals surface area (Å²) in [7, 11) is 1.58. The number of rotatable bonds is 10. The molecule has 164 valence electrons. The third kappa shape index (κ3) is 6.29. The Hall–Kier alpha value is -3.39. The normalized spacial score (nSPS) is 16.7. The maximum Gasteiger partial charge on any atom is 0.410 e. The number of hydrogen-bond acceptors (Lipinski definition) is 7. The van der Waals surface area contributed by atoms with Crippen LogP contribution in [0.1, 0.15) is 18.1 Å². The lowest BCUT2D eigenvalue weighted by Gasteiger charge is -2.23. The van der Waals surface area contributed by atoms with Crippen molar-refractivity contribution >= 4 is 18.3 Å². The van der Waals surface area contributed by atoms with Gasteiger partial charge in [-0.2, -0.15) is 0 Å². The maximum atomic E-state index is 12.4. The number of methoxy groups -OCH3 is 1. The Bertz CT molecular complexity index is 885. The third-order valence-corrected chi connectivity index (χ3v) is 4.83. The topological polar surface area (TPSA) is 91.1 Å². The summed E-state index contributed by atoms with van der Waals surface area (Å²) in [5.74, 6) is 0.106. The molecule has 2 aromatic carbocycles. The number of benzene rings is 2. The van der Waals surface area contributed by atoms with E-state index in [1.165, 1.54) is 11.8 Å². The van der Waals surface area contributed by atoms with Crippen LogP contribution in [0.25, 0.3) is 0 Å². The molecule has 0 saturated carbocycles. The van der Waals surface area contributed by atoms with E-state index in [0.717, 1.165) is 11.1 Å². The molecule has 0 spiro atoms. The quantitative estimate of drug-likeness (QED) is 0.327. The van der Waals surface area contributed by atoms with Gasteiger partial charge in [0, 0.05) is 13.5 Å². The molecule has 0 aromatic heterocycles. The number of amides is 1. The average molecular weight is 427 g/mol. The van der Waals surface area contributed by atoms with Crippen LogP contribution in [0, 0.1) is 0 Å². The summed E-state index contributed by atoms with van der Waals surface area (Å²) in [4.78, 5) is 36.9. The van der Waals surface area contributed by atoms with Crippen molar-refractivity contribution < 1.29 is 33.3 Å². The van der Waals surface area contributed by atoms with Crippen LogP contribution in [0.3, 0.4) is 0 Å². The van der Waals surface area contributed by atoms with Crippen molar-refractivity contribution in [2.24, 2.45) is 0 Å². The molecule has 0 N–H and O–H groups in total. The second-order valence-electron chi connectivity index (χ2n) is 7.09. The Balaban J connectivity index is 1.62. The van der Waals surface area contributed by atoms with Gasteiger partial charge in [-0.3, -0.25) is 14.5 Å². The van der Waals surface area contributed by atoms with Gasteiger partial charge in [-0.25, -0.2) is 4.79 Å². The Labute approximate surface area is 180 Å². The predicted molar refractivity (Wildman–Crippen MR) is 110 cm³/mol. The van der Waals surface area contributed by atoms with E-state index in [1.807, 2.05) is 42.5 Å². The van der Waals surface area contributed by atoms with E-state index in [0.29, 0.717) is 18.6 Å². The fourth-order valence-electron chi connectivity index (χ4n) is 3.15. The highest BCUT2D eigenvalue weighted by Crippen LogP contribution is 2.28. The van der Waals surface area contributed by atoms with E-state index in [2.05, 4.69) is 0 Å². The molecule has 8 nitrogen and oxygen atoms in total. The van der Waals surface area contributed by atoms with E-state index in [-0.39, 0.29) is 13.2 Å². The van der Waals surface area contributed by atoms with Gasteiger partial charge in [0.2, 0.25) is 0 Å². The molecular formula is C23H25NO7.